The first-order valence-electron chi connectivity index (χ1n) is 9.36. The Kier molecular flexibility index (Phi) is 6.71. The number of benzene rings is 1. The van der Waals surface area contributed by atoms with Gasteiger partial charge in [0.25, 0.3) is 0 Å². The Morgan fingerprint density at radius 1 is 1.41 bits per heavy atom. The van der Waals surface area contributed by atoms with Gasteiger partial charge in [-0.2, -0.15) is 4.98 Å². The molecule has 0 saturated carbocycles. The lowest BCUT2D eigenvalue weighted by Crippen LogP contribution is -2.45. The normalized spacial score (nSPS) is 17.6. The second kappa shape index (κ2) is 9.21. The molecule has 0 bridgehead atoms. The summed E-state index contributed by atoms with van der Waals surface area (Å²) < 4.78 is 6.41. The Labute approximate surface area is 168 Å². The van der Waals surface area contributed by atoms with Crippen LogP contribution in [0.1, 0.15) is 37.9 Å². The second-order valence-electron chi connectivity index (χ2n) is 6.98. The Morgan fingerprint density at radius 3 is 2.93 bits per heavy atom. The van der Waals surface area contributed by atoms with Crippen molar-refractivity contribution in [3.05, 3.63) is 40.5 Å². The van der Waals surface area contributed by atoms with Crippen LogP contribution in [0.25, 0.3) is 0 Å². The lowest BCUT2D eigenvalue weighted by molar-refractivity contribution is 0.371. The van der Waals surface area contributed by atoms with Gasteiger partial charge in [0.15, 0.2) is 11.8 Å². The number of rotatable bonds is 6. The Balaban J connectivity index is 1.46. The number of guanidine groups is 1. The summed E-state index contributed by atoms with van der Waals surface area (Å²) in [6, 6.07) is 8.70. The van der Waals surface area contributed by atoms with Gasteiger partial charge in [-0.3, -0.25) is 4.99 Å². The Hall–Kier alpha value is -2.09. The summed E-state index contributed by atoms with van der Waals surface area (Å²) in [7, 11) is 1.79. The van der Waals surface area contributed by atoms with Crippen molar-refractivity contribution in [2.75, 3.05) is 31.6 Å². The van der Waals surface area contributed by atoms with E-state index in [0.29, 0.717) is 24.9 Å². The molecule has 0 amide bonds. The van der Waals surface area contributed by atoms with E-state index >= 15 is 0 Å². The van der Waals surface area contributed by atoms with E-state index in [4.69, 9.17) is 4.52 Å². The van der Waals surface area contributed by atoms with E-state index in [-0.39, 0.29) is 5.92 Å². The molecule has 2 heterocycles. The molecule has 0 aliphatic carbocycles. The minimum absolute atomic E-state index is 0.278. The predicted octanol–water partition coefficient (Wildman–Crippen LogP) is 2.94. The molecule has 7 nitrogen and oxygen atoms in total. The van der Waals surface area contributed by atoms with E-state index < -0.39 is 0 Å². The van der Waals surface area contributed by atoms with Gasteiger partial charge in [0.05, 0.1) is 5.69 Å². The van der Waals surface area contributed by atoms with Crippen LogP contribution >= 0.6 is 15.9 Å². The largest absolute Gasteiger partial charge is 0.368 e. The summed E-state index contributed by atoms with van der Waals surface area (Å²) in [5, 5.41) is 10.8. The van der Waals surface area contributed by atoms with E-state index in [1.165, 1.54) is 5.69 Å². The maximum absolute atomic E-state index is 5.28. The van der Waals surface area contributed by atoms with Crippen LogP contribution in [0.3, 0.4) is 0 Å². The second-order valence-corrected chi connectivity index (χ2v) is 7.83. The summed E-state index contributed by atoms with van der Waals surface area (Å²) >= 11 is 3.64. The third-order valence-electron chi connectivity index (χ3n) is 4.58. The first-order chi connectivity index (χ1) is 13.1. The van der Waals surface area contributed by atoms with Gasteiger partial charge in [-0.15, -0.1) is 0 Å². The molecular weight excluding hydrogens is 408 g/mol. The van der Waals surface area contributed by atoms with Crippen molar-refractivity contribution < 1.29 is 4.52 Å². The standard InChI is InChI=1S/C19H27BrN6O/c1-13(2)18-24-17(27-25-18)8-10-22-19(21-3)23-14-9-11-26(12-14)16-7-5-4-6-15(16)20/h4-7,13-14H,8-12H2,1-3H3,(H2,21,22,23). The summed E-state index contributed by atoms with van der Waals surface area (Å²) in [4.78, 5) is 11.1. The third kappa shape index (κ3) is 5.22. The summed E-state index contributed by atoms with van der Waals surface area (Å²) in [6.45, 7) is 6.77. The highest BCUT2D eigenvalue weighted by Crippen LogP contribution is 2.28. The van der Waals surface area contributed by atoms with Crippen LogP contribution in [0.5, 0.6) is 0 Å². The fourth-order valence-corrected chi connectivity index (χ4v) is 3.62. The first kappa shape index (κ1) is 19.7. The highest BCUT2D eigenvalue weighted by atomic mass is 79.9. The number of para-hydroxylation sites is 1. The van der Waals surface area contributed by atoms with Gasteiger partial charge in [-0.1, -0.05) is 31.1 Å². The number of nitrogens with zero attached hydrogens (tertiary/aromatic N) is 4. The SMILES string of the molecule is CN=C(NCCc1nc(C(C)C)no1)NC1CCN(c2ccccc2Br)C1. The molecule has 1 aliphatic rings. The number of hydrogen-bond donors (Lipinski definition) is 2. The molecule has 1 atom stereocenters. The summed E-state index contributed by atoms with van der Waals surface area (Å²) in [5.41, 5.74) is 1.24. The maximum atomic E-state index is 5.28. The molecule has 0 spiro atoms. The molecule has 1 unspecified atom stereocenters. The highest BCUT2D eigenvalue weighted by molar-refractivity contribution is 9.10. The number of hydrogen-bond acceptors (Lipinski definition) is 5. The Morgan fingerprint density at radius 2 is 2.22 bits per heavy atom. The first-order valence-corrected chi connectivity index (χ1v) is 10.1. The molecule has 8 heteroatoms. The van der Waals surface area contributed by atoms with E-state index in [2.05, 4.69) is 78.6 Å². The molecule has 1 saturated heterocycles. The van der Waals surface area contributed by atoms with E-state index in [0.717, 1.165) is 35.8 Å². The van der Waals surface area contributed by atoms with Crippen LogP contribution < -0.4 is 15.5 Å². The number of nitrogens with one attached hydrogen (secondary N) is 2. The highest BCUT2D eigenvalue weighted by Gasteiger charge is 2.24. The zero-order chi connectivity index (χ0) is 19.2. The van der Waals surface area contributed by atoms with Crippen molar-refractivity contribution in [2.24, 2.45) is 4.99 Å². The molecule has 2 aromatic rings. The molecule has 1 fully saturated rings. The molecule has 1 aromatic carbocycles. The third-order valence-corrected chi connectivity index (χ3v) is 5.25. The summed E-state index contributed by atoms with van der Waals surface area (Å²) in [5.74, 6) is 2.49. The van der Waals surface area contributed by atoms with Crippen LogP contribution in [-0.4, -0.2) is 48.8 Å². The topological polar surface area (TPSA) is 78.6 Å². The lowest BCUT2D eigenvalue weighted by atomic mass is 10.2. The number of aliphatic imine (C=N–C) groups is 1. The lowest BCUT2D eigenvalue weighted by Gasteiger charge is -2.21. The van der Waals surface area contributed by atoms with E-state index in [9.17, 15) is 0 Å². The molecule has 27 heavy (non-hydrogen) atoms. The van der Waals surface area contributed by atoms with Crippen molar-refractivity contribution in [2.45, 2.75) is 38.6 Å². The molecular formula is C19H27BrN6O. The fourth-order valence-electron chi connectivity index (χ4n) is 3.08. The smallest absolute Gasteiger partial charge is 0.228 e. The molecule has 3 rings (SSSR count). The van der Waals surface area contributed by atoms with Crippen molar-refractivity contribution in [3.8, 4) is 0 Å². The minimum Gasteiger partial charge on any atom is -0.368 e. The van der Waals surface area contributed by atoms with Crippen molar-refractivity contribution in [1.82, 2.24) is 20.8 Å². The fraction of sp³-hybridized carbons (Fsp3) is 0.526. The Bertz CT molecular complexity index is 775. The van der Waals surface area contributed by atoms with Crippen LogP contribution in [-0.2, 0) is 6.42 Å². The van der Waals surface area contributed by atoms with Crippen LogP contribution in [0.15, 0.2) is 38.3 Å². The van der Waals surface area contributed by atoms with Crippen LogP contribution in [0, 0.1) is 0 Å². The molecule has 0 radical (unpaired) electrons. The van der Waals surface area contributed by atoms with Gasteiger partial charge in [-0.05, 0) is 34.5 Å². The molecule has 146 valence electrons. The van der Waals surface area contributed by atoms with E-state index in [1.807, 2.05) is 6.07 Å². The molecule has 1 aromatic heterocycles. The van der Waals surface area contributed by atoms with Crippen molar-refractivity contribution in [3.63, 3.8) is 0 Å². The molecule has 2 N–H and O–H groups in total. The van der Waals surface area contributed by atoms with Crippen LogP contribution in [0.2, 0.25) is 0 Å². The molecule has 1 aliphatic heterocycles. The van der Waals surface area contributed by atoms with Gasteiger partial charge in [-0.25, -0.2) is 0 Å². The van der Waals surface area contributed by atoms with Gasteiger partial charge in [0.2, 0.25) is 5.89 Å². The number of aromatic nitrogens is 2. The van der Waals surface area contributed by atoms with Crippen molar-refractivity contribution >= 4 is 27.6 Å². The average Bonchev–Trinajstić information content (AvgIpc) is 3.31. The summed E-state index contributed by atoms with van der Waals surface area (Å²) in [6.07, 6.45) is 1.75. The minimum atomic E-state index is 0.278. The van der Waals surface area contributed by atoms with Crippen molar-refractivity contribution in [1.29, 1.82) is 0 Å². The van der Waals surface area contributed by atoms with Gasteiger partial charge >= 0.3 is 0 Å². The number of halogens is 1. The zero-order valence-corrected chi connectivity index (χ0v) is 17.7. The average molecular weight is 435 g/mol. The van der Waals surface area contributed by atoms with Crippen LogP contribution in [0.4, 0.5) is 5.69 Å². The maximum Gasteiger partial charge on any atom is 0.228 e. The zero-order valence-electron chi connectivity index (χ0n) is 16.1. The van der Waals surface area contributed by atoms with Gasteiger partial charge in [0, 0.05) is 49.5 Å². The predicted molar refractivity (Wildman–Crippen MR) is 111 cm³/mol. The van der Waals surface area contributed by atoms with Gasteiger partial charge < -0.3 is 20.1 Å². The monoisotopic (exact) mass is 434 g/mol. The van der Waals surface area contributed by atoms with E-state index in [1.54, 1.807) is 7.05 Å². The number of anilines is 1. The van der Waals surface area contributed by atoms with Gasteiger partial charge in [0.1, 0.15) is 0 Å². The quantitative estimate of drug-likeness (QED) is 0.537.